The van der Waals surface area contributed by atoms with Gasteiger partial charge in [0.05, 0.1) is 0 Å². The van der Waals surface area contributed by atoms with Crippen LogP contribution < -0.4 is 5.32 Å². The number of aromatic nitrogens is 2. The molecule has 0 saturated carbocycles. The van der Waals surface area contributed by atoms with E-state index in [2.05, 4.69) is 15.3 Å². The lowest BCUT2D eigenvalue weighted by Gasteiger charge is -2.06. The third-order valence-corrected chi connectivity index (χ3v) is 1.40. The van der Waals surface area contributed by atoms with Crippen LogP contribution in [0.25, 0.3) is 0 Å². The fourth-order valence-corrected chi connectivity index (χ4v) is 0.856. The van der Waals surface area contributed by atoms with Crippen molar-refractivity contribution in [2.24, 2.45) is 0 Å². The zero-order valence-corrected chi connectivity index (χ0v) is 7.24. The number of halogens is 4. The Morgan fingerprint density at radius 1 is 1.38 bits per heavy atom. The van der Waals surface area contributed by atoms with Crippen LogP contribution in [0.1, 0.15) is 5.82 Å². The number of hydrogen-bond donors (Lipinski definition) is 1. The van der Waals surface area contributed by atoms with Gasteiger partial charge in [-0.25, -0.2) is 9.97 Å². The van der Waals surface area contributed by atoms with Gasteiger partial charge in [0.25, 0.3) is 0 Å². The Morgan fingerprint density at radius 2 is 2.00 bits per heavy atom. The molecule has 0 fully saturated rings. The van der Waals surface area contributed by atoms with Crippen LogP contribution in [0.3, 0.4) is 0 Å². The average molecular weight is 212 g/mol. The lowest BCUT2D eigenvalue weighted by Crippen LogP contribution is -2.12. The first-order valence-corrected chi connectivity index (χ1v) is 3.61. The summed E-state index contributed by atoms with van der Waals surface area (Å²) >= 11 is 5.34. The molecule has 1 aromatic heterocycles. The van der Waals surface area contributed by atoms with Gasteiger partial charge in [0.2, 0.25) is 5.82 Å². The summed E-state index contributed by atoms with van der Waals surface area (Å²) in [6, 6.07) is 1.21. The lowest BCUT2D eigenvalue weighted by atomic mass is 10.5. The molecule has 0 atom stereocenters. The van der Waals surface area contributed by atoms with E-state index < -0.39 is 12.0 Å². The fourth-order valence-electron chi connectivity index (χ4n) is 0.672. The van der Waals surface area contributed by atoms with Gasteiger partial charge in [0.15, 0.2) is 0 Å². The van der Waals surface area contributed by atoms with Crippen molar-refractivity contribution >= 4 is 17.4 Å². The van der Waals surface area contributed by atoms with Gasteiger partial charge >= 0.3 is 6.18 Å². The Morgan fingerprint density at radius 3 is 2.46 bits per heavy atom. The molecule has 1 rings (SSSR count). The van der Waals surface area contributed by atoms with E-state index in [1.54, 1.807) is 0 Å². The third kappa shape index (κ3) is 2.45. The molecule has 7 heteroatoms. The number of hydrogen-bond acceptors (Lipinski definition) is 3. The molecule has 0 unspecified atom stereocenters. The SMILES string of the molecule is CNc1cc(Cl)nc(C(F)(F)F)n1. The summed E-state index contributed by atoms with van der Waals surface area (Å²) in [4.78, 5) is 6.23. The van der Waals surface area contributed by atoms with Crippen LogP contribution >= 0.6 is 11.6 Å². The molecule has 72 valence electrons. The summed E-state index contributed by atoms with van der Waals surface area (Å²) in [7, 11) is 1.44. The molecule has 0 amide bonds. The maximum absolute atomic E-state index is 12.1. The van der Waals surface area contributed by atoms with Crippen molar-refractivity contribution in [1.82, 2.24) is 9.97 Å². The van der Waals surface area contributed by atoms with E-state index in [9.17, 15) is 13.2 Å². The van der Waals surface area contributed by atoms with E-state index in [1.165, 1.54) is 13.1 Å². The molecular weight excluding hydrogens is 207 g/mol. The van der Waals surface area contributed by atoms with Gasteiger partial charge in [-0.2, -0.15) is 13.2 Å². The molecule has 0 aromatic carbocycles. The minimum Gasteiger partial charge on any atom is -0.373 e. The number of nitrogens with one attached hydrogen (secondary N) is 1. The van der Waals surface area contributed by atoms with Crippen LogP contribution in [-0.4, -0.2) is 17.0 Å². The molecule has 3 nitrogen and oxygen atoms in total. The van der Waals surface area contributed by atoms with Crippen molar-refractivity contribution in [2.75, 3.05) is 12.4 Å². The predicted octanol–water partition coefficient (Wildman–Crippen LogP) is 2.19. The molecule has 1 heterocycles. The Hall–Kier alpha value is -1.04. The molecule has 0 spiro atoms. The molecule has 0 aliphatic heterocycles. The molecular formula is C6H5ClF3N3. The molecule has 0 radical (unpaired) electrons. The van der Waals surface area contributed by atoms with Gasteiger partial charge in [0, 0.05) is 13.1 Å². The van der Waals surface area contributed by atoms with Crippen LogP contribution in [0.4, 0.5) is 19.0 Å². The van der Waals surface area contributed by atoms with Gasteiger partial charge in [-0.15, -0.1) is 0 Å². The third-order valence-electron chi connectivity index (χ3n) is 1.20. The summed E-state index contributed by atoms with van der Waals surface area (Å²) in [6.07, 6.45) is -4.57. The maximum atomic E-state index is 12.1. The highest BCUT2D eigenvalue weighted by Gasteiger charge is 2.35. The first kappa shape index (κ1) is 10.0. The summed E-state index contributed by atoms with van der Waals surface area (Å²) in [5, 5.41) is 2.20. The Balaban J connectivity index is 3.16. The van der Waals surface area contributed by atoms with Gasteiger partial charge in [-0.3, -0.25) is 0 Å². The summed E-state index contributed by atoms with van der Waals surface area (Å²) < 4.78 is 36.2. The first-order chi connectivity index (χ1) is 5.93. The quantitative estimate of drug-likeness (QED) is 0.724. The minimum absolute atomic E-state index is 0.0346. The van der Waals surface area contributed by atoms with E-state index in [0.717, 1.165) is 0 Å². The highest BCUT2D eigenvalue weighted by Crippen LogP contribution is 2.27. The van der Waals surface area contributed by atoms with Crippen LogP contribution in [0.15, 0.2) is 6.07 Å². The Labute approximate surface area is 77.0 Å². The summed E-state index contributed by atoms with van der Waals surface area (Å²) in [6.45, 7) is 0. The second-order valence-electron chi connectivity index (χ2n) is 2.15. The zero-order valence-electron chi connectivity index (χ0n) is 6.48. The molecule has 13 heavy (non-hydrogen) atoms. The number of nitrogens with zero attached hydrogens (tertiary/aromatic N) is 2. The molecule has 1 aromatic rings. The van der Waals surface area contributed by atoms with Crippen LogP contribution in [0.2, 0.25) is 5.15 Å². The van der Waals surface area contributed by atoms with Gasteiger partial charge in [-0.05, 0) is 0 Å². The lowest BCUT2D eigenvalue weighted by molar-refractivity contribution is -0.144. The molecule has 0 saturated heterocycles. The van der Waals surface area contributed by atoms with Crippen molar-refractivity contribution in [2.45, 2.75) is 6.18 Å². The largest absolute Gasteiger partial charge is 0.451 e. The summed E-state index contributed by atoms with van der Waals surface area (Å²) in [5.74, 6) is -1.21. The van der Waals surface area contributed by atoms with Crippen molar-refractivity contribution < 1.29 is 13.2 Å². The Kier molecular flexibility index (Phi) is 2.60. The van der Waals surface area contributed by atoms with Crippen molar-refractivity contribution in [3.05, 3.63) is 17.0 Å². The van der Waals surface area contributed by atoms with Crippen LogP contribution in [0, 0.1) is 0 Å². The second-order valence-corrected chi connectivity index (χ2v) is 2.53. The van der Waals surface area contributed by atoms with E-state index in [4.69, 9.17) is 11.6 Å². The second kappa shape index (κ2) is 3.37. The normalized spacial score (nSPS) is 11.5. The first-order valence-electron chi connectivity index (χ1n) is 3.23. The van der Waals surface area contributed by atoms with Gasteiger partial charge in [-0.1, -0.05) is 11.6 Å². The summed E-state index contributed by atoms with van der Waals surface area (Å²) in [5.41, 5.74) is 0. The zero-order chi connectivity index (χ0) is 10.1. The topological polar surface area (TPSA) is 37.8 Å². The highest BCUT2D eigenvalue weighted by molar-refractivity contribution is 6.29. The number of alkyl halides is 3. The molecule has 1 N–H and O–H groups in total. The monoisotopic (exact) mass is 211 g/mol. The van der Waals surface area contributed by atoms with Crippen molar-refractivity contribution in [1.29, 1.82) is 0 Å². The van der Waals surface area contributed by atoms with Crippen LogP contribution in [-0.2, 0) is 6.18 Å². The molecule has 0 bridgehead atoms. The van der Waals surface area contributed by atoms with E-state index in [-0.39, 0.29) is 11.0 Å². The average Bonchev–Trinajstić information content (AvgIpc) is 2.01. The van der Waals surface area contributed by atoms with E-state index in [1.807, 2.05) is 0 Å². The number of anilines is 1. The van der Waals surface area contributed by atoms with E-state index >= 15 is 0 Å². The maximum Gasteiger partial charge on any atom is 0.451 e. The van der Waals surface area contributed by atoms with E-state index in [0.29, 0.717) is 0 Å². The predicted molar refractivity (Wildman–Crippen MR) is 41.6 cm³/mol. The van der Waals surface area contributed by atoms with Gasteiger partial charge in [0.1, 0.15) is 11.0 Å². The minimum atomic E-state index is -4.57. The number of rotatable bonds is 1. The fraction of sp³-hybridized carbons (Fsp3) is 0.333. The van der Waals surface area contributed by atoms with Gasteiger partial charge < -0.3 is 5.32 Å². The smallest absolute Gasteiger partial charge is 0.373 e. The molecule has 0 aliphatic carbocycles. The molecule has 0 aliphatic rings. The Bertz CT molecular complexity index is 312. The van der Waals surface area contributed by atoms with Crippen molar-refractivity contribution in [3.8, 4) is 0 Å². The van der Waals surface area contributed by atoms with Crippen molar-refractivity contribution in [3.63, 3.8) is 0 Å². The standard InChI is InChI=1S/C6H5ClF3N3/c1-11-4-2-3(7)12-5(13-4)6(8,9)10/h2H,1H3,(H,11,12,13). The van der Waals surface area contributed by atoms with Crippen LogP contribution in [0.5, 0.6) is 0 Å². The highest BCUT2D eigenvalue weighted by atomic mass is 35.5.